The number of ether oxygens (including phenoxy) is 1. The van der Waals surface area contributed by atoms with Crippen LogP contribution in [0, 0.1) is 0 Å². The van der Waals surface area contributed by atoms with Gasteiger partial charge in [-0.3, -0.25) is 9.36 Å². The number of amides is 1. The number of carbonyl (C=O) groups is 1. The molecule has 5 nitrogen and oxygen atoms in total. The molecule has 0 radical (unpaired) electrons. The maximum absolute atomic E-state index is 12.3. The van der Waals surface area contributed by atoms with Gasteiger partial charge in [-0.1, -0.05) is 29.8 Å². The Morgan fingerprint density at radius 3 is 2.76 bits per heavy atom. The molecule has 3 aromatic rings. The van der Waals surface area contributed by atoms with Gasteiger partial charge in [-0.2, -0.15) is 0 Å². The van der Waals surface area contributed by atoms with Crippen LogP contribution in [0.15, 0.2) is 54.9 Å². The summed E-state index contributed by atoms with van der Waals surface area (Å²) in [5.74, 6) is 1.36. The Kier molecular flexibility index (Phi) is 3.93. The number of benzene rings is 2. The lowest BCUT2D eigenvalue weighted by Gasteiger charge is -2.23. The highest BCUT2D eigenvalue weighted by atomic mass is 35.5. The van der Waals surface area contributed by atoms with E-state index in [1.165, 1.54) is 0 Å². The summed E-state index contributed by atoms with van der Waals surface area (Å²) in [6, 6.07) is 15.2. The first-order valence-electron chi connectivity index (χ1n) is 7.92. The van der Waals surface area contributed by atoms with Crippen molar-refractivity contribution in [2.45, 2.75) is 12.3 Å². The van der Waals surface area contributed by atoms with E-state index in [0.29, 0.717) is 17.3 Å². The fourth-order valence-corrected chi connectivity index (χ4v) is 3.32. The molecule has 1 aliphatic heterocycles. The zero-order valence-electron chi connectivity index (χ0n) is 13.6. The van der Waals surface area contributed by atoms with Crippen LogP contribution in [0.4, 0.5) is 5.82 Å². The zero-order valence-corrected chi connectivity index (χ0v) is 14.3. The molecular weight excluding hydrogens is 338 g/mol. The second-order valence-corrected chi connectivity index (χ2v) is 6.34. The first kappa shape index (κ1) is 15.7. The van der Waals surface area contributed by atoms with E-state index in [4.69, 9.17) is 16.3 Å². The predicted octanol–water partition coefficient (Wildman–Crippen LogP) is 4.01. The molecular formula is C19H16ClN3O2. The van der Waals surface area contributed by atoms with Crippen LogP contribution in [0.1, 0.15) is 23.6 Å². The highest BCUT2D eigenvalue weighted by Gasteiger charge is 2.31. The Morgan fingerprint density at radius 2 is 2.04 bits per heavy atom. The van der Waals surface area contributed by atoms with Crippen LogP contribution < -0.4 is 10.1 Å². The number of rotatable bonds is 3. The maximum atomic E-state index is 12.3. The van der Waals surface area contributed by atoms with Gasteiger partial charge in [0.15, 0.2) is 0 Å². The molecule has 25 heavy (non-hydrogen) atoms. The third-order valence-electron chi connectivity index (χ3n) is 4.38. The molecule has 1 aromatic heterocycles. The molecule has 126 valence electrons. The summed E-state index contributed by atoms with van der Waals surface area (Å²) in [5.41, 5.74) is 2.75. The Bertz CT molecular complexity index is 934. The smallest absolute Gasteiger partial charge is 0.226 e. The summed E-state index contributed by atoms with van der Waals surface area (Å²) in [4.78, 5) is 16.8. The molecule has 1 N–H and O–H groups in total. The minimum absolute atomic E-state index is 0.0305. The van der Waals surface area contributed by atoms with Gasteiger partial charge in [-0.25, -0.2) is 4.98 Å². The van der Waals surface area contributed by atoms with Crippen LogP contribution in [0.5, 0.6) is 5.75 Å². The fraction of sp³-hybridized carbons (Fsp3) is 0.158. The van der Waals surface area contributed by atoms with E-state index >= 15 is 0 Å². The third-order valence-corrected chi connectivity index (χ3v) is 4.61. The zero-order chi connectivity index (χ0) is 17.4. The number of anilines is 1. The molecule has 4 rings (SSSR count). The summed E-state index contributed by atoms with van der Waals surface area (Å²) in [7, 11) is 1.63. The van der Waals surface area contributed by atoms with Crippen molar-refractivity contribution in [2.75, 3.05) is 12.4 Å². The van der Waals surface area contributed by atoms with Crippen LogP contribution >= 0.6 is 11.6 Å². The third kappa shape index (κ3) is 2.87. The molecule has 1 aliphatic rings. The van der Waals surface area contributed by atoms with Crippen LogP contribution in [0.3, 0.4) is 0 Å². The molecule has 0 saturated carbocycles. The van der Waals surface area contributed by atoms with E-state index < -0.39 is 0 Å². The Balaban J connectivity index is 1.78. The van der Waals surface area contributed by atoms with Crippen LogP contribution in [-0.2, 0) is 4.79 Å². The largest absolute Gasteiger partial charge is 0.497 e. The number of imidazole rings is 1. The fourth-order valence-electron chi connectivity index (χ4n) is 3.14. The van der Waals surface area contributed by atoms with E-state index in [9.17, 15) is 4.79 Å². The van der Waals surface area contributed by atoms with E-state index in [0.717, 1.165) is 22.7 Å². The minimum Gasteiger partial charge on any atom is -0.497 e. The van der Waals surface area contributed by atoms with Crippen molar-refractivity contribution in [2.24, 2.45) is 0 Å². The molecule has 2 heterocycles. The normalized spacial score (nSPS) is 16.2. The molecule has 0 spiro atoms. The van der Waals surface area contributed by atoms with Crippen LogP contribution in [0.2, 0.25) is 5.02 Å². The summed E-state index contributed by atoms with van der Waals surface area (Å²) in [6.45, 7) is 0. The highest BCUT2D eigenvalue weighted by molar-refractivity contribution is 6.30. The topological polar surface area (TPSA) is 56.1 Å². The molecule has 0 aliphatic carbocycles. The first-order chi connectivity index (χ1) is 12.2. The van der Waals surface area contributed by atoms with Crippen molar-refractivity contribution in [3.8, 4) is 11.4 Å². The number of hydrogen-bond donors (Lipinski definition) is 1. The molecule has 6 heteroatoms. The van der Waals surface area contributed by atoms with Crippen molar-refractivity contribution in [3.05, 3.63) is 71.1 Å². The van der Waals surface area contributed by atoms with E-state index in [1.54, 1.807) is 13.4 Å². The van der Waals surface area contributed by atoms with E-state index in [2.05, 4.69) is 10.3 Å². The minimum atomic E-state index is -0.0879. The van der Waals surface area contributed by atoms with Gasteiger partial charge in [0, 0.05) is 23.0 Å². The first-order valence-corrected chi connectivity index (χ1v) is 8.30. The van der Waals surface area contributed by atoms with Gasteiger partial charge in [0.1, 0.15) is 17.9 Å². The van der Waals surface area contributed by atoms with Gasteiger partial charge >= 0.3 is 0 Å². The van der Waals surface area contributed by atoms with Crippen molar-refractivity contribution >= 4 is 23.3 Å². The number of hydrogen-bond acceptors (Lipinski definition) is 3. The number of aromatic nitrogens is 2. The Labute approximate surface area is 150 Å². The molecule has 2 aromatic carbocycles. The van der Waals surface area contributed by atoms with Crippen molar-refractivity contribution in [1.29, 1.82) is 0 Å². The van der Waals surface area contributed by atoms with Crippen molar-refractivity contribution in [1.82, 2.24) is 9.55 Å². The lowest BCUT2D eigenvalue weighted by Crippen LogP contribution is -2.24. The summed E-state index contributed by atoms with van der Waals surface area (Å²) >= 11 is 6.09. The monoisotopic (exact) mass is 353 g/mol. The molecule has 1 amide bonds. The second-order valence-electron chi connectivity index (χ2n) is 5.91. The molecule has 1 atom stereocenters. The van der Waals surface area contributed by atoms with Crippen LogP contribution in [-0.4, -0.2) is 22.6 Å². The second kappa shape index (κ2) is 6.26. The van der Waals surface area contributed by atoms with E-state index in [1.807, 2.05) is 53.1 Å². The SMILES string of the molecule is COc1ccc([C@H]2CC(=O)Nc3c2ncn3-c2cccc(Cl)c2)cc1. The average Bonchev–Trinajstić information content (AvgIpc) is 3.05. The van der Waals surface area contributed by atoms with Gasteiger partial charge < -0.3 is 10.1 Å². The van der Waals surface area contributed by atoms with Gasteiger partial charge in [-0.15, -0.1) is 0 Å². The molecule has 0 saturated heterocycles. The quantitative estimate of drug-likeness (QED) is 0.774. The van der Waals surface area contributed by atoms with Crippen LogP contribution in [0.25, 0.3) is 5.69 Å². The molecule has 0 unspecified atom stereocenters. The standard InChI is InChI=1S/C19H16ClN3O2/c1-25-15-7-5-12(6-8-15)16-10-17(24)22-19-18(16)21-11-23(19)14-4-2-3-13(20)9-14/h2-9,11,16H,10H2,1H3,(H,22,24)/t16-/m1/s1. The van der Waals surface area contributed by atoms with Gasteiger partial charge in [0.25, 0.3) is 0 Å². The van der Waals surface area contributed by atoms with E-state index in [-0.39, 0.29) is 11.8 Å². The number of carbonyl (C=O) groups excluding carboxylic acids is 1. The van der Waals surface area contributed by atoms with Crippen molar-refractivity contribution in [3.63, 3.8) is 0 Å². The highest BCUT2D eigenvalue weighted by Crippen LogP contribution is 2.37. The summed E-state index contributed by atoms with van der Waals surface area (Å²) in [6.07, 6.45) is 2.09. The number of halogens is 1. The number of methoxy groups -OCH3 is 1. The number of fused-ring (bicyclic) bond motifs is 1. The summed E-state index contributed by atoms with van der Waals surface area (Å²) in [5, 5.41) is 3.58. The number of nitrogens with one attached hydrogen (secondary N) is 1. The van der Waals surface area contributed by atoms with Gasteiger partial charge in [-0.05, 0) is 35.9 Å². The average molecular weight is 354 g/mol. The van der Waals surface area contributed by atoms with Crippen molar-refractivity contribution < 1.29 is 9.53 Å². The summed E-state index contributed by atoms with van der Waals surface area (Å²) < 4.78 is 7.06. The lowest BCUT2D eigenvalue weighted by atomic mass is 9.90. The van der Waals surface area contributed by atoms with Gasteiger partial charge in [0.05, 0.1) is 12.8 Å². The molecule has 0 fully saturated rings. The molecule has 0 bridgehead atoms. The Morgan fingerprint density at radius 1 is 1.24 bits per heavy atom. The maximum Gasteiger partial charge on any atom is 0.226 e. The van der Waals surface area contributed by atoms with Gasteiger partial charge in [0.2, 0.25) is 5.91 Å². The predicted molar refractivity (Wildman–Crippen MR) is 96.7 cm³/mol. The lowest BCUT2D eigenvalue weighted by molar-refractivity contribution is -0.116. The number of nitrogens with zero attached hydrogens (tertiary/aromatic N) is 2. The Hall–Kier alpha value is -2.79.